The fourth-order valence-electron chi connectivity index (χ4n) is 4.44. The monoisotopic (exact) mass is 433 g/mol. The maximum Gasteiger partial charge on any atom is 0.268 e. The molecule has 1 atom stereocenters. The van der Waals surface area contributed by atoms with Crippen LogP contribution in [-0.2, 0) is 13.0 Å². The first-order valence-electron chi connectivity index (χ1n) is 10.7. The summed E-state index contributed by atoms with van der Waals surface area (Å²) in [5, 5.41) is 0. The maximum absolute atomic E-state index is 13.7. The zero-order chi connectivity index (χ0) is 21.5. The topological polar surface area (TPSA) is 38.1 Å². The number of carbonyl (C=O) groups is 1. The number of aryl methyl sites for hydroxylation is 2. The van der Waals surface area contributed by atoms with E-state index in [-0.39, 0.29) is 17.8 Å². The largest absolute Gasteiger partial charge is 0.323 e. The Kier molecular flexibility index (Phi) is 5.10. The lowest BCUT2D eigenvalue weighted by atomic mass is 9.96. The Morgan fingerprint density at radius 2 is 2.03 bits per heavy atom. The lowest BCUT2D eigenvalue weighted by Crippen LogP contribution is -2.41. The van der Waals surface area contributed by atoms with E-state index in [0.717, 1.165) is 58.8 Å². The van der Waals surface area contributed by atoms with Crippen molar-refractivity contribution in [2.45, 2.75) is 45.7 Å². The van der Waals surface area contributed by atoms with E-state index in [1.807, 2.05) is 35.2 Å². The van der Waals surface area contributed by atoms with Gasteiger partial charge >= 0.3 is 0 Å². The summed E-state index contributed by atoms with van der Waals surface area (Å²) in [6, 6.07) is 16.8. The summed E-state index contributed by atoms with van der Waals surface area (Å²) in [5.41, 5.74) is 3.79. The Balaban J connectivity index is 1.53. The molecule has 0 fully saturated rings. The van der Waals surface area contributed by atoms with Crippen molar-refractivity contribution in [2.75, 3.05) is 4.90 Å². The molecule has 5 rings (SSSR count). The molecule has 0 aliphatic carbocycles. The van der Waals surface area contributed by atoms with Crippen LogP contribution in [0.4, 0.5) is 10.1 Å². The molecule has 158 valence electrons. The van der Waals surface area contributed by atoms with Crippen LogP contribution in [0.5, 0.6) is 0 Å². The minimum atomic E-state index is -0.256. The summed E-state index contributed by atoms with van der Waals surface area (Å²) in [7, 11) is 0. The standard InChI is InChI=1S/C25H24FN3OS/c1-3-14-28-21-7-5-4-6-19(21)27-24(28)22-12-13-23(31-22)25(30)29-16(2)8-9-17-15-18(26)10-11-20(17)29/h4-7,10-13,15-16H,3,8-9,14H2,1-2H3. The Morgan fingerprint density at radius 1 is 1.19 bits per heavy atom. The lowest BCUT2D eigenvalue weighted by Gasteiger charge is -2.35. The lowest BCUT2D eigenvalue weighted by molar-refractivity contribution is 0.0979. The molecule has 3 heterocycles. The van der Waals surface area contributed by atoms with E-state index in [1.165, 1.54) is 17.4 Å². The summed E-state index contributed by atoms with van der Waals surface area (Å²) >= 11 is 1.47. The Labute approximate surface area is 185 Å². The van der Waals surface area contributed by atoms with Gasteiger partial charge in [-0.25, -0.2) is 9.37 Å². The second-order valence-electron chi connectivity index (χ2n) is 8.08. The van der Waals surface area contributed by atoms with Gasteiger partial charge in [0.05, 0.1) is 20.8 Å². The second kappa shape index (κ2) is 7.93. The Morgan fingerprint density at radius 3 is 2.87 bits per heavy atom. The highest BCUT2D eigenvalue weighted by atomic mass is 32.1. The molecule has 0 N–H and O–H groups in total. The number of anilines is 1. The molecule has 0 saturated heterocycles. The van der Waals surface area contributed by atoms with Gasteiger partial charge in [-0.15, -0.1) is 11.3 Å². The van der Waals surface area contributed by atoms with Crippen LogP contribution in [0, 0.1) is 5.82 Å². The Bertz CT molecular complexity index is 1280. The molecule has 0 saturated carbocycles. The number of halogens is 1. The number of hydrogen-bond acceptors (Lipinski definition) is 3. The third kappa shape index (κ3) is 3.45. The predicted octanol–water partition coefficient (Wildman–Crippen LogP) is 6.30. The van der Waals surface area contributed by atoms with Crippen LogP contribution in [0.25, 0.3) is 21.7 Å². The average Bonchev–Trinajstić information content (AvgIpc) is 3.39. The molecule has 2 aromatic carbocycles. The summed E-state index contributed by atoms with van der Waals surface area (Å²) in [6.07, 6.45) is 2.62. The fourth-order valence-corrected chi connectivity index (χ4v) is 5.38. The molecule has 1 aliphatic rings. The molecule has 0 bridgehead atoms. The third-order valence-corrected chi connectivity index (χ3v) is 7.00. The van der Waals surface area contributed by atoms with E-state index in [2.05, 4.69) is 24.5 Å². The molecule has 1 amide bonds. The molecule has 1 unspecified atom stereocenters. The summed E-state index contributed by atoms with van der Waals surface area (Å²) in [4.78, 5) is 21.8. The van der Waals surface area contributed by atoms with Crippen LogP contribution in [-0.4, -0.2) is 21.5 Å². The van der Waals surface area contributed by atoms with Crippen molar-refractivity contribution in [2.24, 2.45) is 0 Å². The summed E-state index contributed by atoms with van der Waals surface area (Å²) in [6.45, 7) is 5.08. The first-order valence-corrected chi connectivity index (χ1v) is 11.6. The van der Waals surface area contributed by atoms with Gasteiger partial charge in [0.25, 0.3) is 5.91 Å². The fraction of sp³-hybridized carbons (Fsp3) is 0.280. The molecule has 4 aromatic rings. The first-order chi connectivity index (χ1) is 15.1. The molecule has 1 aliphatic heterocycles. The smallest absolute Gasteiger partial charge is 0.268 e. The van der Waals surface area contributed by atoms with Gasteiger partial charge in [-0.2, -0.15) is 0 Å². The van der Waals surface area contributed by atoms with Crippen molar-refractivity contribution in [1.82, 2.24) is 9.55 Å². The number of thiophene rings is 1. The van der Waals surface area contributed by atoms with Crippen molar-refractivity contribution >= 4 is 34.0 Å². The molecule has 6 heteroatoms. The number of carbonyl (C=O) groups excluding carboxylic acids is 1. The van der Waals surface area contributed by atoms with Gasteiger partial charge in [-0.05, 0) is 74.2 Å². The Hall–Kier alpha value is -2.99. The highest BCUT2D eigenvalue weighted by Gasteiger charge is 2.30. The SMILES string of the molecule is CCCn1c(-c2ccc(C(=O)N3c4ccc(F)cc4CCC3C)s2)nc2ccccc21. The molecular weight excluding hydrogens is 409 g/mol. The minimum absolute atomic E-state index is 0.0329. The van der Waals surface area contributed by atoms with Crippen LogP contribution in [0.2, 0.25) is 0 Å². The predicted molar refractivity (Wildman–Crippen MR) is 124 cm³/mol. The van der Waals surface area contributed by atoms with E-state index in [4.69, 9.17) is 4.98 Å². The van der Waals surface area contributed by atoms with Crippen molar-refractivity contribution in [3.8, 4) is 10.7 Å². The maximum atomic E-state index is 13.7. The zero-order valence-electron chi connectivity index (χ0n) is 17.6. The van der Waals surface area contributed by atoms with Crippen molar-refractivity contribution in [3.05, 3.63) is 70.9 Å². The van der Waals surface area contributed by atoms with Crippen LogP contribution >= 0.6 is 11.3 Å². The van der Waals surface area contributed by atoms with Crippen LogP contribution in [0.3, 0.4) is 0 Å². The number of imidazole rings is 1. The van der Waals surface area contributed by atoms with Gasteiger partial charge in [-0.1, -0.05) is 19.1 Å². The normalized spacial score (nSPS) is 16.0. The number of hydrogen-bond donors (Lipinski definition) is 0. The van der Waals surface area contributed by atoms with Crippen LogP contribution in [0.1, 0.15) is 41.9 Å². The van der Waals surface area contributed by atoms with Crippen molar-refractivity contribution in [3.63, 3.8) is 0 Å². The number of para-hydroxylation sites is 2. The first kappa shape index (κ1) is 19.9. The highest BCUT2D eigenvalue weighted by molar-refractivity contribution is 7.17. The number of fused-ring (bicyclic) bond motifs is 2. The molecule has 31 heavy (non-hydrogen) atoms. The molecule has 0 radical (unpaired) electrons. The number of aromatic nitrogens is 2. The molecular formula is C25H24FN3OS. The van der Waals surface area contributed by atoms with E-state index in [1.54, 1.807) is 12.1 Å². The van der Waals surface area contributed by atoms with E-state index >= 15 is 0 Å². The van der Waals surface area contributed by atoms with Crippen molar-refractivity contribution < 1.29 is 9.18 Å². The van der Waals surface area contributed by atoms with E-state index in [9.17, 15) is 9.18 Å². The number of amides is 1. The minimum Gasteiger partial charge on any atom is -0.323 e. The quantitative estimate of drug-likeness (QED) is 0.379. The van der Waals surface area contributed by atoms with Crippen molar-refractivity contribution in [1.29, 1.82) is 0 Å². The summed E-state index contributed by atoms with van der Waals surface area (Å²) < 4.78 is 15.9. The van der Waals surface area contributed by atoms with Gasteiger partial charge in [0.1, 0.15) is 5.82 Å². The second-order valence-corrected chi connectivity index (χ2v) is 9.16. The molecule has 4 nitrogen and oxygen atoms in total. The summed E-state index contributed by atoms with van der Waals surface area (Å²) in [5.74, 6) is 0.615. The van der Waals surface area contributed by atoms with Gasteiger partial charge in [0.15, 0.2) is 5.82 Å². The average molecular weight is 434 g/mol. The number of benzene rings is 2. The van der Waals surface area contributed by atoms with E-state index < -0.39 is 0 Å². The zero-order valence-corrected chi connectivity index (χ0v) is 18.5. The molecule has 0 spiro atoms. The van der Waals surface area contributed by atoms with Crippen LogP contribution < -0.4 is 4.90 Å². The van der Waals surface area contributed by atoms with Gasteiger partial charge in [0.2, 0.25) is 0 Å². The number of nitrogens with zero attached hydrogens (tertiary/aromatic N) is 3. The highest BCUT2D eigenvalue weighted by Crippen LogP contribution is 2.36. The van der Waals surface area contributed by atoms with Gasteiger partial charge in [0, 0.05) is 18.3 Å². The van der Waals surface area contributed by atoms with Gasteiger partial charge in [-0.3, -0.25) is 4.79 Å². The van der Waals surface area contributed by atoms with Crippen LogP contribution in [0.15, 0.2) is 54.6 Å². The third-order valence-electron chi connectivity index (χ3n) is 5.93. The molecule has 2 aromatic heterocycles. The van der Waals surface area contributed by atoms with Gasteiger partial charge < -0.3 is 9.47 Å². The number of rotatable bonds is 4. The van der Waals surface area contributed by atoms with E-state index in [0.29, 0.717) is 4.88 Å².